The number of hydrogen-bond donors (Lipinski definition) is 2. The average Bonchev–Trinajstić information content (AvgIpc) is 2.77. The highest BCUT2D eigenvalue weighted by Gasteiger charge is 2.13. The quantitative estimate of drug-likeness (QED) is 0.885. The summed E-state index contributed by atoms with van der Waals surface area (Å²) in [5.74, 6) is 2.88. The predicted octanol–water partition coefficient (Wildman–Crippen LogP) is 2.60. The number of hydrogen-bond acceptors (Lipinski definition) is 5. The summed E-state index contributed by atoms with van der Waals surface area (Å²) in [5.41, 5.74) is 3.36. The van der Waals surface area contributed by atoms with Crippen LogP contribution in [0.1, 0.15) is 42.4 Å². The molecule has 21 heavy (non-hydrogen) atoms. The molecule has 0 aliphatic carbocycles. The van der Waals surface area contributed by atoms with E-state index in [9.17, 15) is 0 Å². The zero-order valence-electron chi connectivity index (χ0n) is 13.7. The lowest BCUT2D eigenvalue weighted by atomic mass is 10.2. The Morgan fingerprint density at radius 2 is 1.86 bits per heavy atom. The molecule has 0 unspecified atom stereocenters. The summed E-state index contributed by atoms with van der Waals surface area (Å²) in [6.07, 6.45) is 1.89. The fourth-order valence-corrected chi connectivity index (χ4v) is 2.10. The normalized spacial score (nSPS) is 11.0. The molecule has 0 saturated carbocycles. The van der Waals surface area contributed by atoms with Gasteiger partial charge in [0.1, 0.15) is 17.5 Å². The van der Waals surface area contributed by atoms with E-state index >= 15 is 0 Å². The Bertz CT molecular complexity index is 629. The molecule has 0 aromatic carbocycles. The Morgan fingerprint density at radius 1 is 1.19 bits per heavy atom. The summed E-state index contributed by atoms with van der Waals surface area (Å²) in [6, 6.07) is 0. The molecule has 2 N–H and O–H groups in total. The van der Waals surface area contributed by atoms with E-state index in [2.05, 4.69) is 46.5 Å². The first-order valence-corrected chi connectivity index (χ1v) is 7.21. The molecule has 0 aliphatic heterocycles. The van der Waals surface area contributed by atoms with Gasteiger partial charge in [0.2, 0.25) is 0 Å². The summed E-state index contributed by atoms with van der Waals surface area (Å²) < 4.78 is 1.88. The van der Waals surface area contributed by atoms with Gasteiger partial charge >= 0.3 is 0 Å². The molecule has 0 amide bonds. The van der Waals surface area contributed by atoms with E-state index in [4.69, 9.17) is 0 Å². The van der Waals surface area contributed by atoms with Gasteiger partial charge in [0.05, 0.1) is 6.20 Å². The molecule has 0 fully saturated rings. The standard InChI is InChI=1S/C15H24N6/c1-9(2)13-19-14(16-5)10(3)15(20-13)17-7-12-8-18-21(6)11(12)4/h8-9H,7H2,1-6H3,(H2,16,17,19,20). The van der Waals surface area contributed by atoms with Crippen LogP contribution in [0, 0.1) is 13.8 Å². The highest BCUT2D eigenvalue weighted by atomic mass is 15.3. The molecule has 0 atom stereocenters. The minimum absolute atomic E-state index is 0.290. The lowest BCUT2D eigenvalue weighted by Crippen LogP contribution is -2.11. The first kappa shape index (κ1) is 15.3. The molecule has 0 aliphatic rings. The predicted molar refractivity (Wildman–Crippen MR) is 85.7 cm³/mol. The van der Waals surface area contributed by atoms with Crippen molar-refractivity contribution < 1.29 is 0 Å². The van der Waals surface area contributed by atoms with E-state index in [0.29, 0.717) is 12.5 Å². The largest absolute Gasteiger partial charge is 0.373 e. The summed E-state index contributed by atoms with van der Waals surface area (Å²) in [5, 5.41) is 10.8. The second-order valence-corrected chi connectivity index (χ2v) is 5.54. The van der Waals surface area contributed by atoms with Gasteiger partial charge in [0.15, 0.2) is 0 Å². The topological polar surface area (TPSA) is 67.7 Å². The molecule has 2 heterocycles. The van der Waals surface area contributed by atoms with Crippen molar-refractivity contribution in [3.8, 4) is 0 Å². The zero-order chi connectivity index (χ0) is 15.6. The van der Waals surface area contributed by atoms with Crippen LogP contribution in [0.3, 0.4) is 0 Å². The van der Waals surface area contributed by atoms with Crippen molar-refractivity contribution in [2.24, 2.45) is 7.05 Å². The first-order valence-electron chi connectivity index (χ1n) is 7.21. The van der Waals surface area contributed by atoms with E-state index < -0.39 is 0 Å². The maximum atomic E-state index is 4.64. The molecule has 2 aromatic rings. The molecule has 0 bridgehead atoms. The fraction of sp³-hybridized carbons (Fsp3) is 0.533. The maximum absolute atomic E-state index is 4.64. The van der Waals surface area contributed by atoms with Gasteiger partial charge in [-0.3, -0.25) is 4.68 Å². The van der Waals surface area contributed by atoms with Gasteiger partial charge in [-0.05, 0) is 13.8 Å². The highest BCUT2D eigenvalue weighted by Crippen LogP contribution is 2.23. The number of nitrogens with zero attached hydrogens (tertiary/aromatic N) is 4. The number of aromatic nitrogens is 4. The lowest BCUT2D eigenvalue weighted by molar-refractivity contribution is 0.738. The van der Waals surface area contributed by atoms with Gasteiger partial charge in [-0.15, -0.1) is 0 Å². The Kier molecular flexibility index (Phi) is 4.45. The minimum atomic E-state index is 0.290. The Hall–Kier alpha value is -2.11. The maximum Gasteiger partial charge on any atom is 0.135 e. The number of anilines is 2. The van der Waals surface area contributed by atoms with E-state index in [-0.39, 0.29) is 0 Å². The third-order valence-electron chi connectivity index (χ3n) is 3.70. The smallest absolute Gasteiger partial charge is 0.135 e. The summed E-state index contributed by atoms with van der Waals surface area (Å²) >= 11 is 0. The van der Waals surface area contributed by atoms with Gasteiger partial charge in [0.25, 0.3) is 0 Å². The van der Waals surface area contributed by atoms with Gasteiger partial charge < -0.3 is 10.6 Å². The SMILES string of the molecule is CNc1nc(C(C)C)nc(NCc2cnn(C)c2C)c1C. The molecule has 2 aromatic heterocycles. The monoisotopic (exact) mass is 288 g/mol. The summed E-state index contributed by atoms with van der Waals surface area (Å²) in [6.45, 7) is 8.99. The van der Waals surface area contributed by atoms with Crippen molar-refractivity contribution in [1.29, 1.82) is 0 Å². The second-order valence-electron chi connectivity index (χ2n) is 5.54. The number of rotatable bonds is 5. The van der Waals surface area contributed by atoms with Crippen LogP contribution in [0.2, 0.25) is 0 Å². The van der Waals surface area contributed by atoms with Crippen LogP contribution in [0.4, 0.5) is 11.6 Å². The fourth-order valence-electron chi connectivity index (χ4n) is 2.10. The number of nitrogens with one attached hydrogen (secondary N) is 2. The van der Waals surface area contributed by atoms with Crippen LogP contribution in [0.5, 0.6) is 0 Å². The van der Waals surface area contributed by atoms with Crippen LogP contribution in [-0.2, 0) is 13.6 Å². The Labute approximate surface area is 126 Å². The van der Waals surface area contributed by atoms with Crippen molar-refractivity contribution in [3.05, 3.63) is 28.8 Å². The molecule has 0 radical (unpaired) electrons. The first-order chi connectivity index (χ1) is 9.93. The highest BCUT2D eigenvalue weighted by molar-refractivity contribution is 5.57. The van der Waals surface area contributed by atoms with Crippen molar-refractivity contribution >= 4 is 11.6 Å². The van der Waals surface area contributed by atoms with Gasteiger partial charge in [-0.1, -0.05) is 13.8 Å². The third-order valence-corrected chi connectivity index (χ3v) is 3.70. The molecule has 0 saturated heterocycles. The molecule has 0 spiro atoms. The zero-order valence-corrected chi connectivity index (χ0v) is 13.7. The van der Waals surface area contributed by atoms with Gasteiger partial charge in [0, 0.05) is 43.4 Å². The Morgan fingerprint density at radius 3 is 2.38 bits per heavy atom. The van der Waals surface area contributed by atoms with E-state index in [1.54, 1.807) is 0 Å². The van der Waals surface area contributed by atoms with E-state index in [1.807, 2.05) is 31.9 Å². The third kappa shape index (κ3) is 3.15. The summed E-state index contributed by atoms with van der Waals surface area (Å²) in [4.78, 5) is 9.19. The van der Waals surface area contributed by atoms with E-state index in [1.165, 1.54) is 5.56 Å². The van der Waals surface area contributed by atoms with Crippen LogP contribution >= 0.6 is 0 Å². The van der Waals surface area contributed by atoms with Crippen LogP contribution < -0.4 is 10.6 Å². The molecule has 114 valence electrons. The van der Waals surface area contributed by atoms with Gasteiger partial charge in [-0.25, -0.2) is 9.97 Å². The summed E-state index contributed by atoms with van der Waals surface area (Å²) in [7, 11) is 3.83. The molecule has 6 heteroatoms. The van der Waals surface area contributed by atoms with Crippen molar-refractivity contribution in [1.82, 2.24) is 19.7 Å². The Balaban J connectivity index is 2.26. The van der Waals surface area contributed by atoms with Crippen LogP contribution in [0.15, 0.2) is 6.20 Å². The van der Waals surface area contributed by atoms with E-state index in [0.717, 1.165) is 28.7 Å². The lowest BCUT2D eigenvalue weighted by Gasteiger charge is -2.15. The van der Waals surface area contributed by atoms with Crippen LogP contribution in [0.25, 0.3) is 0 Å². The average molecular weight is 288 g/mol. The molecular formula is C15H24N6. The van der Waals surface area contributed by atoms with Crippen molar-refractivity contribution in [2.75, 3.05) is 17.7 Å². The van der Waals surface area contributed by atoms with Gasteiger partial charge in [-0.2, -0.15) is 5.10 Å². The van der Waals surface area contributed by atoms with Crippen molar-refractivity contribution in [2.45, 2.75) is 40.2 Å². The van der Waals surface area contributed by atoms with Crippen LogP contribution in [-0.4, -0.2) is 26.8 Å². The molecule has 6 nitrogen and oxygen atoms in total. The van der Waals surface area contributed by atoms with Crippen molar-refractivity contribution in [3.63, 3.8) is 0 Å². The molecule has 2 rings (SSSR count). The second kappa shape index (κ2) is 6.11. The minimum Gasteiger partial charge on any atom is -0.373 e. The number of aryl methyl sites for hydroxylation is 1. The molecular weight excluding hydrogens is 264 g/mol.